The first kappa shape index (κ1) is 24.8. The van der Waals surface area contributed by atoms with Crippen molar-refractivity contribution in [3.63, 3.8) is 0 Å². The van der Waals surface area contributed by atoms with Crippen molar-refractivity contribution in [3.05, 3.63) is 170 Å². The van der Waals surface area contributed by atoms with E-state index in [2.05, 4.69) is 170 Å². The third-order valence-corrected chi connectivity index (χ3v) is 9.05. The average molecular weight is 557 g/mol. The molecule has 0 spiro atoms. The van der Waals surface area contributed by atoms with E-state index < -0.39 is 0 Å². The van der Waals surface area contributed by atoms with Crippen molar-refractivity contribution in [2.45, 2.75) is 0 Å². The predicted molar refractivity (Wildman–Crippen MR) is 193 cm³/mol. The standard InChI is InChI=1S/C26H16.C18H12/c1-2-6-18-10-22-14-26-16-24-12-20-8-4-3-7-19(20)11-23(24)15-25(26)13-21(22)9-17(18)5-1;1-2-6-14-10-18-12-16-8-4-3-7-15(16)11-17(18)9-13(14)5-1/h1-16H;1-12H. The van der Waals surface area contributed by atoms with Crippen molar-refractivity contribution < 1.29 is 0 Å². The summed E-state index contributed by atoms with van der Waals surface area (Å²) in [6.07, 6.45) is 0. The van der Waals surface area contributed by atoms with E-state index in [1.54, 1.807) is 0 Å². The van der Waals surface area contributed by atoms with E-state index in [1.165, 1.54) is 86.2 Å². The molecule has 0 amide bonds. The highest BCUT2D eigenvalue weighted by atomic mass is 14.1. The van der Waals surface area contributed by atoms with Gasteiger partial charge in [0.05, 0.1) is 0 Å². The third-order valence-electron chi connectivity index (χ3n) is 9.05. The molecule has 0 nitrogen and oxygen atoms in total. The second-order valence-corrected chi connectivity index (χ2v) is 11.9. The Hall–Kier alpha value is -5.72. The lowest BCUT2D eigenvalue weighted by molar-refractivity contribution is 1.77. The summed E-state index contributed by atoms with van der Waals surface area (Å²) in [6.45, 7) is 0. The lowest BCUT2D eigenvalue weighted by Crippen LogP contribution is -1.81. The fourth-order valence-corrected chi connectivity index (χ4v) is 6.77. The Morgan fingerprint density at radius 2 is 0.250 bits per heavy atom. The van der Waals surface area contributed by atoms with Gasteiger partial charge in [-0.15, -0.1) is 0 Å². The zero-order valence-corrected chi connectivity index (χ0v) is 24.2. The van der Waals surface area contributed by atoms with Crippen LogP contribution in [0.5, 0.6) is 0 Å². The topological polar surface area (TPSA) is 0 Å². The van der Waals surface area contributed by atoms with Crippen LogP contribution in [0.1, 0.15) is 0 Å². The van der Waals surface area contributed by atoms with E-state index in [-0.39, 0.29) is 0 Å². The first-order valence-electron chi connectivity index (χ1n) is 15.2. The molecule has 0 saturated heterocycles. The zero-order chi connectivity index (χ0) is 29.0. The number of benzene rings is 10. The first-order chi connectivity index (χ1) is 21.7. The lowest BCUT2D eigenvalue weighted by atomic mass is 9.96. The van der Waals surface area contributed by atoms with Crippen LogP contribution in [0, 0.1) is 0 Å². The Morgan fingerprint density at radius 1 is 0.136 bits per heavy atom. The summed E-state index contributed by atoms with van der Waals surface area (Å²) in [4.78, 5) is 0. The monoisotopic (exact) mass is 556 g/mol. The van der Waals surface area contributed by atoms with Gasteiger partial charge >= 0.3 is 0 Å². The molecule has 0 heteroatoms. The zero-order valence-electron chi connectivity index (χ0n) is 24.2. The fraction of sp³-hybridized carbons (Fsp3) is 0. The van der Waals surface area contributed by atoms with Crippen molar-refractivity contribution in [1.82, 2.24) is 0 Å². The van der Waals surface area contributed by atoms with Gasteiger partial charge in [0.25, 0.3) is 0 Å². The summed E-state index contributed by atoms with van der Waals surface area (Å²) in [5, 5.41) is 20.8. The molecule has 10 aromatic carbocycles. The van der Waals surface area contributed by atoms with Crippen LogP contribution < -0.4 is 0 Å². The molecule has 44 heavy (non-hydrogen) atoms. The molecule has 0 bridgehead atoms. The van der Waals surface area contributed by atoms with Gasteiger partial charge in [-0.1, -0.05) is 97.1 Å². The highest BCUT2D eigenvalue weighted by molar-refractivity contribution is 6.10. The Labute approximate surface area is 255 Å². The molecular weight excluding hydrogens is 528 g/mol. The second kappa shape index (κ2) is 9.93. The van der Waals surface area contributed by atoms with E-state index in [4.69, 9.17) is 0 Å². The lowest BCUT2D eigenvalue weighted by Gasteiger charge is -2.08. The van der Waals surface area contributed by atoms with Crippen LogP contribution in [0.4, 0.5) is 0 Å². The SMILES string of the molecule is c1ccc2cc3cc4cc5cc6ccccc6cc5cc4cc3cc2c1.c1ccc2cc3cc4ccccc4cc3cc2c1. The molecule has 10 aromatic rings. The van der Waals surface area contributed by atoms with Crippen molar-refractivity contribution in [2.75, 3.05) is 0 Å². The maximum atomic E-state index is 2.33. The van der Waals surface area contributed by atoms with Crippen LogP contribution in [0.2, 0.25) is 0 Å². The molecule has 0 aliphatic rings. The van der Waals surface area contributed by atoms with Gasteiger partial charge in [-0.25, -0.2) is 0 Å². The molecule has 0 aliphatic carbocycles. The van der Waals surface area contributed by atoms with E-state index in [0.29, 0.717) is 0 Å². The summed E-state index contributed by atoms with van der Waals surface area (Å²) in [5.41, 5.74) is 0. The van der Waals surface area contributed by atoms with Crippen molar-refractivity contribution in [1.29, 1.82) is 0 Å². The largest absolute Gasteiger partial charge is 0.0616 e. The molecule has 0 N–H and O–H groups in total. The van der Waals surface area contributed by atoms with Gasteiger partial charge in [-0.05, 0) is 159 Å². The molecule has 0 aromatic heterocycles. The number of fused-ring (bicyclic) bond motifs is 8. The number of hydrogen-bond acceptors (Lipinski definition) is 0. The van der Waals surface area contributed by atoms with Gasteiger partial charge in [0.1, 0.15) is 0 Å². The molecule has 204 valence electrons. The molecular formula is C44H28. The molecule has 10 rings (SSSR count). The van der Waals surface area contributed by atoms with Gasteiger partial charge in [0, 0.05) is 0 Å². The average Bonchev–Trinajstić information content (AvgIpc) is 3.06. The molecule has 0 radical (unpaired) electrons. The van der Waals surface area contributed by atoms with Gasteiger partial charge in [-0.3, -0.25) is 0 Å². The minimum Gasteiger partial charge on any atom is -0.0616 e. The highest BCUT2D eigenvalue weighted by Gasteiger charge is 2.05. The fourth-order valence-electron chi connectivity index (χ4n) is 6.77. The van der Waals surface area contributed by atoms with Crippen LogP contribution in [-0.4, -0.2) is 0 Å². The molecule has 0 aliphatic heterocycles. The Bertz CT molecular complexity index is 2350. The van der Waals surface area contributed by atoms with Crippen LogP contribution in [-0.2, 0) is 0 Å². The summed E-state index contributed by atoms with van der Waals surface area (Å²) in [6, 6.07) is 61.8. The van der Waals surface area contributed by atoms with Gasteiger partial charge in [0.15, 0.2) is 0 Å². The van der Waals surface area contributed by atoms with Crippen LogP contribution in [0.15, 0.2) is 170 Å². The van der Waals surface area contributed by atoms with Gasteiger partial charge < -0.3 is 0 Å². The Balaban J connectivity index is 0.000000132. The van der Waals surface area contributed by atoms with E-state index in [1.807, 2.05) is 0 Å². The van der Waals surface area contributed by atoms with Crippen LogP contribution in [0.25, 0.3) is 86.2 Å². The minimum absolute atomic E-state index is 1.30. The van der Waals surface area contributed by atoms with E-state index in [9.17, 15) is 0 Å². The van der Waals surface area contributed by atoms with E-state index >= 15 is 0 Å². The van der Waals surface area contributed by atoms with Crippen LogP contribution >= 0.6 is 0 Å². The molecule has 0 fully saturated rings. The van der Waals surface area contributed by atoms with Crippen molar-refractivity contribution in [3.8, 4) is 0 Å². The van der Waals surface area contributed by atoms with Crippen molar-refractivity contribution in [2.24, 2.45) is 0 Å². The minimum atomic E-state index is 1.30. The quantitative estimate of drug-likeness (QED) is 0.163. The maximum Gasteiger partial charge on any atom is -0.0171 e. The number of rotatable bonds is 0. The summed E-state index contributed by atoms with van der Waals surface area (Å²) in [7, 11) is 0. The van der Waals surface area contributed by atoms with Crippen LogP contribution in [0.3, 0.4) is 0 Å². The second-order valence-electron chi connectivity index (χ2n) is 11.9. The normalized spacial score (nSPS) is 11.6. The predicted octanol–water partition coefficient (Wildman–Crippen LogP) is 12.6. The molecule has 0 heterocycles. The summed E-state index contributed by atoms with van der Waals surface area (Å²) >= 11 is 0. The van der Waals surface area contributed by atoms with Crippen molar-refractivity contribution >= 4 is 86.2 Å². The van der Waals surface area contributed by atoms with Gasteiger partial charge in [0.2, 0.25) is 0 Å². The highest BCUT2D eigenvalue weighted by Crippen LogP contribution is 2.32. The number of hydrogen-bond donors (Lipinski definition) is 0. The molecule has 0 atom stereocenters. The summed E-state index contributed by atoms with van der Waals surface area (Å²) in [5.74, 6) is 0. The Morgan fingerprint density at radius 3 is 0.386 bits per heavy atom. The Kier molecular flexibility index (Phi) is 5.61. The molecule has 0 saturated carbocycles. The molecule has 0 unspecified atom stereocenters. The van der Waals surface area contributed by atoms with Gasteiger partial charge in [-0.2, -0.15) is 0 Å². The smallest absolute Gasteiger partial charge is 0.0171 e. The summed E-state index contributed by atoms with van der Waals surface area (Å²) < 4.78 is 0. The first-order valence-corrected chi connectivity index (χ1v) is 15.2. The maximum absolute atomic E-state index is 2.33. The van der Waals surface area contributed by atoms with E-state index in [0.717, 1.165) is 0 Å². The third kappa shape index (κ3) is 4.32.